The number of sulfonamides is 1. The molecule has 0 aliphatic heterocycles. The van der Waals surface area contributed by atoms with Gasteiger partial charge in [-0.3, -0.25) is 0 Å². The predicted molar refractivity (Wildman–Crippen MR) is 96.7 cm³/mol. The van der Waals surface area contributed by atoms with E-state index in [1.54, 1.807) is 30.3 Å². The van der Waals surface area contributed by atoms with Crippen molar-refractivity contribution >= 4 is 33.0 Å². The molecule has 0 unspecified atom stereocenters. The molecule has 5 nitrogen and oxygen atoms in total. The van der Waals surface area contributed by atoms with Gasteiger partial charge in [0.05, 0.1) is 18.6 Å². The van der Waals surface area contributed by atoms with Gasteiger partial charge in [-0.05, 0) is 24.3 Å². The summed E-state index contributed by atoms with van der Waals surface area (Å²) in [6.45, 7) is 4.01. The Hall–Kier alpha value is -1.54. The zero-order valence-electron chi connectivity index (χ0n) is 13.4. The Bertz CT molecular complexity index is 817. The van der Waals surface area contributed by atoms with Gasteiger partial charge in [0.25, 0.3) is 0 Å². The minimum atomic E-state index is -3.81. The minimum Gasteiger partial charge on any atom is -0.497 e. The van der Waals surface area contributed by atoms with Crippen LogP contribution < -0.4 is 9.47 Å². The number of hydrogen-bond donors (Lipinski definition) is 0. The fourth-order valence-corrected chi connectivity index (χ4v) is 4.87. The Morgan fingerprint density at radius 1 is 1.25 bits per heavy atom. The number of ether oxygens (including phenoxy) is 2. The quantitative estimate of drug-likeness (QED) is 0.646. The Labute approximate surface area is 151 Å². The van der Waals surface area contributed by atoms with Crippen LogP contribution in [0.2, 0.25) is 4.34 Å². The maximum Gasteiger partial charge on any atom is 0.247 e. The third-order valence-electron chi connectivity index (χ3n) is 3.28. The van der Waals surface area contributed by atoms with E-state index in [0.29, 0.717) is 10.1 Å². The molecule has 0 N–H and O–H groups in total. The third kappa shape index (κ3) is 4.10. The molecule has 0 bridgehead atoms. The van der Waals surface area contributed by atoms with Crippen LogP contribution in [0, 0.1) is 0 Å². The van der Waals surface area contributed by atoms with Crippen LogP contribution in [0.15, 0.2) is 47.9 Å². The van der Waals surface area contributed by atoms with Gasteiger partial charge in [0.1, 0.15) is 16.4 Å². The average molecular weight is 388 g/mol. The summed E-state index contributed by atoms with van der Waals surface area (Å²) in [6.07, 6.45) is 1.54. The molecule has 2 aromatic rings. The van der Waals surface area contributed by atoms with Crippen molar-refractivity contribution in [2.24, 2.45) is 0 Å². The normalized spacial score (nSPS) is 11.5. The molecule has 0 saturated heterocycles. The summed E-state index contributed by atoms with van der Waals surface area (Å²) in [6, 6.07) is 8.22. The zero-order chi connectivity index (χ0) is 17.7. The Morgan fingerprint density at radius 2 is 2.00 bits per heavy atom. The molecule has 2 rings (SSSR count). The van der Waals surface area contributed by atoms with Crippen molar-refractivity contribution in [3.05, 3.63) is 52.2 Å². The van der Waals surface area contributed by atoms with Crippen LogP contribution in [-0.2, 0) is 16.6 Å². The van der Waals surface area contributed by atoms with E-state index in [9.17, 15) is 8.42 Å². The van der Waals surface area contributed by atoms with Crippen molar-refractivity contribution in [2.75, 3.05) is 20.8 Å². The molecule has 0 aliphatic rings. The van der Waals surface area contributed by atoms with Crippen molar-refractivity contribution < 1.29 is 17.9 Å². The maximum absolute atomic E-state index is 13.1. The summed E-state index contributed by atoms with van der Waals surface area (Å²) >= 11 is 7.27. The van der Waals surface area contributed by atoms with Gasteiger partial charge in [-0.25, -0.2) is 8.42 Å². The summed E-state index contributed by atoms with van der Waals surface area (Å²) in [7, 11) is -0.899. The molecule has 0 amide bonds. The summed E-state index contributed by atoms with van der Waals surface area (Å²) in [4.78, 5) is 0.890. The zero-order valence-corrected chi connectivity index (χ0v) is 15.7. The lowest BCUT2D eigenvalue weighted by atomic mass is 10.3. The molecule has 1 aromatic heterocycles. The van der Waals surface area contributed by atoms with Gasteiger partial charge in [-0.15, -0.1) is 17.9 Å². The number of rotatable bonds is 8. The molecule has 0 radical (unpaired) electrons. The second kappa shape index (κ2) is 8.02. The van der Waals surface area contributed by atoms with Crippen LogP contribution in [0.5, 0.6) is 11.5 Å². The summed E-state index contributed by atoms with van der Waals surface area (Å²) in [5.41, 5.74) is 0. The Morgan fingerprint density at radius 3 is 2.54 bits per heavy atom. The molecule has 130 valence electrons. The molecule has 0 spiro atoms. The van der Waals surface area contributed by atoms with Crippen molar-refractivity contribution in [1.82, 2.24) is 4.31 Å². The molecule has 0 aliphatic carbocycles. The van der Waals surface area contributed by atoms with Gasteiger partial charge in [0.15, 0.2) is 0 Å². The van der Waals surface area contributed by atoms with Crippen LogP contribution in [0.25, 0.3) is 0 Å². The number of methoxy groups -OCH3 is 2. The highest BCUT2D eigenvalue weighted by Crippen LogP contribution is 2.32. The molecular weight excluding hydrogens is 370 g/mol. The number of benzene rings is 1. The Kier molecular flexibility index (Phi) is 6.28. The average Bonchev–Trinajstić information content (AvgIpc) is 2.98. The number of thiophene rings is 1. The van der Waals surface area contributed by atoms with E-state index in [1.165, 1.54) is 35.9 Å². The van der Waals surface area contributed by atoms with Crippen molar-refractivity contribution in [2.45, 2.75) is 11.4 Å². The highest BCUT2D eigenvalue weighted by molar-refractivity contribution is 7.89. The molecule has 0 saturated carbocycles. The van der Waals surface area contributed by atoms with E-state index in [1.807, 2.05) is 0 Å². The summed E-state index contributed by atoms with van der Waals surface area (Å²) < 4.78 is 38.5. The van der Waals surface area contributed by atoms with E-state index in [4.69, 9.17) is 21.1 Å². The van der Waals surface area contributed by atoms with E-state index in [2.05, 4.69) is 6.58 Å². The first kappa shape index (κ1) is 18.8. The first-order valence-electron chi connectivity index (χ1n) is 6.99. The fourth-order valence-electron chi connectivity index (χ4n) is 2.13. The number of halogens is 1. The second-order valence-corrected chi connectivity index (χ2v) is 8.51. The largest absolute Gasteiger partial charge is 0.497 e. The fraction of sp³-hybridized carbons (Fsp3) is 0.250. The van der Waals surface area contributed by atoms with Gasteiger partial charge in [0.2, 0.25) is 10.0 Å². The van der Waals surface area contributed by atoms with Crippen LogP contribution in [0.3, 0.4) is 0 Å². The lowest BCUT2D eigenvalue weighted by Crippen LogP contribution is -2.30. The van der Waals surface area contributed by atoms with Gasteiger partial charge in [0, 0.05) is 24.0 Å². The van der Waals surface area contributed by atoms with Gasteiger partial charge >= 0.3 is 0 Å². The van der Waals surface area contributed by atoms with Gasteiger partial charge < -0.3 is 9.47 Å². The molecule has 1 aromatic carbocycles. The molecular formula is C16H18ClNO4S2. The van der Waals surface area contributed by atoms with Gasteiger partial charge in [-0.2, -0.15) is 4.31 Å². The molecule has 24 heavy (non-hydrogen) atoms. The number of nitrogens with zero attached hydrogens (tertiary/aromatic N) is 1. The van der Waals surface area contributed by atoms with Crippen molar-refractivity contribution in [1.29, 1.82) is 0 Å². The van der Waals surface area contributed by atoms with Crippen LogP contribution in [-0.4, -0.2) is 33.5 Å². The monoisotopic (exact) mass is 387 g/mol. The first-order valence-corrected chi connectivity index (χ1v) is 9.63. The maximum atomic E-state index is 13.1. The highest BCUT2D eigenvalue weighted by Gasteiger charge is 2.28. The molecule has 8 heteroatoms. The molecule has 0 fully saturated rings. The molecule has 0 atom stereocenters. The topological polar surface area (TPSA) is 55.8 Å². The SMILES string of the molecule is C=CCN(Cc1ccc(Cl)s1)S(=O)(=O)c1cc(OC)ccc1OC. The summed E-state index contributed by atoms with van der Waals surface area (Å²) in [5.74, 6) is 0.696. The van der Waals surface area contributed by atoms with E-state index < -0.39 is 10.0 Å². The first-order chi connectivity index (χ1) is 11.4. The van der Waals surface area contributed by atoms with Gasteiger partial charge in [-0.1, -0.05) is 17.7 Å². The van der Waals surface area contributed by atoms with Crippen LogP contribution in [0.4, 0.5) is 0 Å². The lowest BCUT2D eigenvalue weighted by Gasteiger charge is -2.21. The second-order valence-electron chi connectivity index (χ2n) is 4.81. The Balaban J connectivity index is 2.45. The smallest absolute Gasteiger partial charge is 0.247 e. The van der Waals surface area contributed by atoms with E-state index >= 15 is 0 Å². The number of hydrogen-bond acceptors (Lipinski definition) is 5. The van der Waals surface area contributed by atoms with Crippen molar-refractivity contribution in [3.63, 3.8) is 0 Å². The standard InChI is InChI=1S/C16H18ClNO4S2/c1-4-9-18(11-13-6-8-16(17)23-13)24(19,20)15-10-12(21-2)5-7-14(15)22-3/h4-8,10H,1,9,11H2,2-3H3. The van der Waals surface area contributed by atoms with Crippen LogP contribution >= 0.6 is 22.9 Å². The third-order valence-corrected chi connectivity index (χ3v) is 6.33. The molecule has 1 heterocycles. The van der Waals surface area contributed by atoms with Crippen molar-refractivity contribution in [3.8, 4) is 11.5 Å². The van der Waals surface area contributed by atoms with E-state index in [0.717, 1.165) is 4.88 Å². The highest BCUT2D eigenvalue weighted by atomic mass is 35.5. The van der Waals surface area contributed by atoms with Crippen LogP contribution in [0.1, 0.15) is 4.88 Å². The predicted octanol–water partition coefficient (Wildman–Crippen LogP) is 3.80. The lowest BCUT2D eigenvalue weighted by molar-refractivity contribution is 0.386. The summed E-state index contributed by atoms with van der Waals surface area (Å²) in [5, 5.41) is 0. The minimum absolute atomic E-state index is 0.0499. The van der Waals surface area contributed by atoms with E-state index in [-0.39, 0.29) is 23.7 Å².